The van der Waals surface area contributed by atoms with Gasteiger partial charge in [0, 0.05) is 18.8 Å². The maximum absolute atomic E-state index is 8.87. The van der Waals surface area contributed by atoms with Crippen LogP contribution in [0.1, 0.15) is 24.8 Å². The van der Waals surface area contributed by atoms with E-state index in [-0.39, 0.29) is 0 Å². The quantitative estimate of drug-likeness (QED) is 0.750. The molecule has 1 aliphatic rings. The number of rotatable bonds is 3. The number of piperidine rings is 1. The van der Waals surface area contributed by atoms with Crippen LogP contribution in [0.25, 0.3) is 0 Å². The normalized spacial score (nSPS) is 15.0. The van der Waals surface area contributed by atoms with Crippen LogP contribution in [0.2, 0.25) is 0 Å². The highest BCUT2D eigenvalue weighted by Crippen LogP contribution is 2.24. The van der Waals surface area contributed by atoms with Crippen molar-refractivity contribution >= 4 is 17.1 Å². The fourth-order valence-corrected chi connectivity index (χ4v) is 2.64. The molecule has 1 heterocycles. The van der Waals surface area contributed by atoms with Crippen molar-refractivity contribution in [1.29, 1.82) is 5.26 Å². The molecule has 2 aromatic rings. The Kier molecular flexibility index (Phi) is 4.45. The van der Waals surface area contributed by atoms with Crippen molar-refractivity contribution in [3.63, 3.8) is 0 Å². The topological polar surface area (TPSA) is 51.8 Å². The number of anilines is 1. The van der Waals surface area contributed by atoms with E-state index in [0.717, 1.165) is 18.8 Å². The molecular formula is C18H18N4. The summed E-state index contributed by atoms with van der Waals surface area (Å²) in [6, 6.07) is 17.4. The van der Waals surface area contributed by atoms with Crippen LogP contribution in [0.4, 0.5) is 17.1 Å². The zero-order chi connectivity index (χ0) is 15.2. The molecule has 0 aliphatic carbocycles. The predicted octanol–water partition coefficient (Wildman–Crippen LogP) is 4.96. The van der Waals surface area contributed by atoms with Crippen LogP contribution in [0.3, 0.4) is 0 Å². The van der Waals surface area contributed by atoms with Gasteiger partial charge < -0.3 is 4.90 Å². The van der Waals surface area contributed by atoms with Crippen LogP contribution in [-0.2, 0) is 0 Å². The summed E-state index contributed by atoms with van der Waals surface area (Å²) in [6.07, 6.45) is 3.89. The van der Waals surface area contributed by atoms with E-state index in [2.05, 4.69) is 33.3 Å². The van der Waals surface area contributed by atoms with Crippen LogP contribution >= 0.6 is 0 Å². The first-order valence-corrected chi connectivity index (χ1v) is 7.62. The van der Waals surface area contributed by atoms with Crippen molar-refractivity contribution < 1.29 is 0 Å². The second-order valence-electron chi connectivity index (χ2n) is 5.43. The van der Waals surface area contributed by atoms with Gasteiger partial charge >= 0.3 is 0 Å². The lowest BCUT2D eigenvalue weighted by Crippen LogP contribution is -2.29. The van der Waals surface area contributed by atoms with E-state index in [1.807, 2.05) is 24.3 Å². The van der Waals surface area contributed by atoms with Crippen LogP contribution in [0.15, 0.2) is 58.8 Å². The van der Waals surface area contributed by atoms with Crippen LogP contribution in [-0.4, -0.2) is 13.1 Å². The largest absolute Gasteiger partial charge is 0.372 e. The summed E-state index contributed by atoms with van der Waals surface area (Å²) in [5.74, 6) is 0. The van der Waals surface area contributed by atoms with Crippen molar-refractivity contribution in [2.24, 2.45) is 10.2 Å². The SMILES string of the molecule is N#Cc1cccc(N=Nc2ccc(N3CCCCC3)cc2)c1. The standard InChI is InChI=1S/C18H18N4/c19-14-15-5-4-6-17(13-15)21-20-16-7-9-18(10-8-16)22-11-2-1-3-12-22/h4-10,13H,1-3,11-12H2. The summed E-state index contributed by atoms with van der Waals surface area (Å²) in [6.45, 7) is 2.28. The molecule has 0 amide bonds. The van der Waals surface area contributed by atoms with Crippen LogP contribution in [0.5, 0.6) is 0 Å². The lowest BCUT2D eigenvalue weighted by molar-refractivity contribution is 0.578. The third kappa shape index (κ3) is 3.50. The molecule has 0 N–H and O–H groups in total. The van der Waals surface area contributed by atoms with Gasteiger partial charge in [-0.1, -0.05) is 6.07 Å². The Labute approximate surface area is 130 Å². The van der Waals surface area contributed by atoms with E-state index in [4.69, 9.17) is 5.26 Å². The Balaban J connectivity index is 1.70. The Morgan fingerprint density at radius 3 is 2.32 bits per heavy atom. The van der Waals surface area contributed by atoms with E-state index in [0.29, 0.717) is 11.3 Å². The van der Waals surface area contributed by atoms with Gasteiger partial charge in [-0.05, 0) is 61.7 Å². The molecule has 0 aromatic heterocycles. The summed E-state index contributed by atoms with van der Waals surface area (Å²) < 4.78 is 0. The molecule has 1 fully saturated rings. The first-order valence-electron chi connectivity index (χ1n) is 7.62. The van der Waals surface area contributed by atoms with Gasteiger partial charge in [0.05, 0.1) is 23.0 Å². The molecular weight excluding hydrogens is 272 g/mol. The fourth-order valence-electron chi connectivity index (χ4n) is 2.64. The molecule has 4 nitrogen and oxygen atoms in total. The first kappa shape index (κ1) is 14.3. The maximum Gasteiger partial charge on any atom is 0.0992 e. The molecule has 0 bridgehead atoms. The molecule has 0 radical (unpaired) electrons. The molecule has 22 heavy (non-hydrogen) atoms. The van der Waals surface area contributed by atoms with Crippen LogP contribution in [0, 0.1) is 11.3 Å². The first-order chi connectivity index (χ1) is 10.8. The Bertz CT molecular complexity index is 692. The summed E-state index contributed by atoms with van der Waals surface area (Å²) >= 11 is 0. The molecule has 0 atom stereocenters. The lowest BCUT2D eigenvalue weighted by atomic mass is 10.1. The molecule has 3 rings (SSSR count). The van der Waals surface area contributed by atoms with Gasteiger partial charge in [-0.3, -0.25) is 0 Å². The van der Waals surface area contributed by atoms with E-state index < -0.39 is 0 Å². The summed E-state index contributed by atoms with van der Waals surface area (Å²) in [5.41, 5.74) is 3.37. The molecule has 0 saturated carbocycles. The molecule has 0 spiro atoms. The molecule has 2 aromatic carbocycles. The predicted molar refractivity (Wildman–Crippen MR) is 87.8 cm³/mol. The summed E-state index contributed by atoms with van der Waals surface area (Å²) in [7, 11) is 0. The number of hydrogen-bond donors (Lipinski definition) is 0. The average molecular weight is 290 g/mol. The van der Waals surface area contributed by atoms with Crippen molar-refractivity contribution in [1.82, 2.24) is 0 Å². The minimum atomic E-state index is 0.594. The van der Waals surface area contributed by atoms with Crippen molar-refractivity contribution in [2.45, 2.75) is 19.3 Å². The van der Waals surface area contributed by atoms with Crippen molar-refractivity contribution in [3.05, 3.63) is 54.1 Å². The van der Waals surface area contributed by atoms with Gasteiger partial charge in [0.2, 0.25) is 0 Å². The summed E-state index contributed by atoms with van der Waals surface area (Å²) in [4.78, 5) is 2.42. The molecule has 110 valence electrons. The molecule has 1 aliphatic heterocycles. The van der Waals surface area contributed by atoms with Gasteiger partial charge in [0.1, 0.15) is 0 Å². The number of nitrogens with zero attached hydrogens (tertiary/aromatic N) is 4. The minimum absolute atomic E-state index is 0.594. The number of benzene rings is 2. The zero-order valence-electron chi connectivity index (χ0n) is 12.4. The Morgan fingerprint density at radius 2 is 1.59 bits per heavy atom. The smallest absolute Gasteiger partial charge is 0.0992 e. The highest BCUT2D eigenvalue weighted by Gasteiger charge is 2.10. The van der Waals surface area contributed by atoms with Crippen LogP contribution < -0.4 is 4.90 Å². The van der Waals surface area contributed by atoms with E-state index >= 15 is 0 Å². The Hall–Kier alpha value is -2.67. The summed E-state index contributed by atoms with van der Waals surface area (Å²) in [5, 5.41) is 17.3. The van der Waals surface area contributed by atoms with E-state index in [1.165, 1.54) is 24.9 Å². The van der Waals surface area contributed by atoms with Gasteiger partial charge in [0.15, 0.2) is 0 Å². The van der Waals surface area contributed by atoms with Crippen molar-refractivity contribution in [3.8, 4) is 6.07 Å². The molecule has 4 heteroatoms. The third-order valence-electron chi connectivity index (χ3n) is 3.83. The zero-order valence-corrected chi connectivity index (χ0v) is 12.4. The lowest BCUT2D eigenvalue weighted by Gasteiger charge is -2.28. The second kappa shape index (κ2) is 6.86. The molecule has 1 saturated heterocycles. The maximum atomic E-state index is 8.87. The monoisotopic (exact) mass is 290 g/mol. The van der Waals surface area contributed by atoms with Gasteiger partial charge in [-0.2, -0.15) is 15.5 Å². The van der Waals surface area contributed by atoms with Crippen molar-refractivity contribution in [2.75, 3.05) is 18.0 Å². The highest BCUT2D eigenvalue weighted by molar-refractivity contribution is 5.53. The van der Waals surface area contributed by atoms with Gasteiger partial charge in [-0.15, -0.1) is 0 Å². The minimum Gasteiger partial charge on any atom is -0.372 e. The molecule has 0 unspecified atom stereocenters. The van der Waals surface area contributed by atoms with E-state index in [9.17, 15) is 0 Å². The number of hydrogen-bond acceptors (Lipinski definition) is 4. The fraction of sp³-hybridized carbons (Fsp3) is 0.278. The van der Waals surface area contributed by atoms with E-state index in [1.54, 1.807) is 12.1 Å². The van der Waals surface area contributed by atoms with Gasteiger partial charge in [-0.25, -0.2) is 0 Å². The number of nitriles is 1. The highest BCUT2D eigenvalue weighted by atomic mass is 15.1. The average Bonchev–Trinajstić information content (AvgIpc) is 2.61. The number of azo groups is 1. The third-order valence-corrected chi connectivity index (χ3v) is 3.83. The van der Waals surface area contributed by atoms with Gasteiger partial charge in [0.25, 0.3) is 0 Å². The Morgan fingerprint density at radius 1 is 0.864 bits per heavy atom. The second-order valence-corrected chi connectivity index (χ2v) is 5.43.